The predicted octanol–water partition coefficient (Wildman–Crippen LogP) is 9.37. The van der Waals surface area contributed by atoms with Crippen LogP contribution in [0.1, 0.15) is 11.1 Å². The van der Waals surface area contributed by atoms with Gasteiger partial charge in [-0.3, -0.25) is 0 Å². The molecule has 4 heteroatoms. The molecule has 1 radical (unpaired) electrons. The Bertz CT molecular complexity index is 1600. The zero-order valence-corrected chi connectivity index (χ0v) is 21.4. The van der Waals surface area contributed by atoms with Gasteiger partial charge in [0.15, 0.2) is 0 Å². The van der Waals surface area contributed by atoms with Crippen molar-refractivity contribution in [2.45, 2.75) is 12.3 Å². The number of hydrogen-bond acceptors (Lipinski definition) is 2. The van der Waals surface area contributed by atoms with Crippen LogP contribution in [0.15, 0.2) is 113 Å². The fourth-order valence-corrected chi connectivity index (χ4v) is 4.95. The summed E-state index contributed by atoms with van der Waals surface area (Å²) >= 11 is 6.76. The fraction of sp³-hybridized carbons (Fsp3) is 0.0667. The first kappa shape index (κ1) is 24.2. The summed E-state index contributed by atoms with van der Waals surface area (Å²) in [5.41, 5.74) is 2.71. The zero-order chi connectivity index (χ0) is 23.9. The second-order valence-electron chi connectivity index (χ2n) is 8.01. The van der Waals surface area contributed by atoms with Crippen LogP contribution in [-0.4, -0.2) is 7.64 Å². The van der Waals surface area contributed by atoms with Gasteiger partial charge in [-0.25, -0.2) is 0 Å². The number of hydrogen-bond donors (Lipinski definition) is 1. The maximum absolute atomic E-state index is 4.34. The Kier molecular flexibility index (Phi) is 8.15. The van der Waals surface area contributed by atoms with Gasteiger partial charge in [0.1, 0.15) is 0 Å². The molecule has 0 heterocycles. The predicted molar refractivity (Wildman–Crippen MR) is 157 cm³/mol. The molecule has 0 aliphatic rings. The van der Waals surface area contributed by atoms with Crippen molar-refractivity contribution in [2.24, 2.45) is 4.30 Å². The van der Waals surface area contributed by atoms with E-state index in [0.717, 1.165) is 5.33 Å². The Hall–Kier alpha value is -2.95. The standard InChI is InChI=1S/C15H11Br.C15H12.BHNS/c16-10-12-9-11-5-1-2-6-13(11)15-8-4-3-7-14(12)15;1-11-10-12-6-2-3-8-14(12)15-9-5-4-7-13(11)15;1-2-3/h1-9H,10H2;2-10H,1H3;3H. The molecule has 0 unspecified atom stereocenters. The van der Waals surface area contributed by atoms with Crippen molar-refractivity contribution in [1.82, 2.24) is 0 Å². The van der Waals surface area contributed by atoms with Crippen molar-refractivity contribution in [3.63, 3.8) is 0 Å². The van der Waals surface area contributed by atoms with E-state index in [4.69, 9.17) is 0 Å². The number of aryl methyl sites for hydroxylation is 1. The number of rotatable bonds is 1. The number of nitrogens with zero attached hydrogens (tertiary/aromatic N) is 1. The van der Waals surface area contributed by atoms with Crippen molar-refractivity contribution in [3.05, 3.63) is 120 Å². The van der Waals surface area contributed by atoms with Gasteiger partial charge in [0.2, 0.25) is 0 Å². The Morgan fingerprint density at radius 2 is 1.00 bits per heavy atom. The van der Waals surface area contributed by atoms with E-state index in [1.165, 1.54) is 54.2 Å². The number of thiol groups is 1. The molecule has 0 saturated heterocycles. The molecule has 0 amide bonds. The van der Waals surface area contributed by atoms with E-state index >= 15 is 0 Å². The van der Waals surface area contributed by atoms with Gasteiger partial charge in [0.05, 0.1) is 0 Å². The summed E-state index contributed by atoms with van der Waals surface area (Å²) in [5.74, 6) is 0. The van der Waals surface area contributed by atoms with E-state index in [0.29, 0.717) is 0 Å². The molecule has 165 valence electrons. The number of halogens is 1. The Labute approximate surface area is 215 Å². The van der Waals surface area contributed by atoms with E-state index in [9.17, 15) is 0 Å². The van der Waals surface area contributed by atoms with Crippen LogP contribution in [0.5, 0.6) is 0 Å². The van der Waals surface area contributed by atoms with E-state index in [1.807, 2.05) is 0 Å². The topological polar surface area (TPSA) is 12.4 Å². The van der Waals surface area contributed by atoms with Crippen molar-refractivity contribution in [3.8, 4) is 0 Å². The van der Waals surface area contributed by atoms with Gasteiger partial charge in [-0.15, -0.1) is 0 Å². The number of benzene rings is 6. The van der Waals surface area contributed by atoms with E-state index in [1.54, 1.807) is 0 Å². The van der Waals surface area contributed by atoms with Crippen LogP contribution < -0.4 is 0 Å². The van der Waals surface area contributed by atoms with Crippen LogP contribution in [-0.2, 0) is 5.33 Å². The quantitative estimate of drug-likeness (QED) is 0.0958. The summed E-state index contributed by atoms with van der Waals surface area (Å²) in [7, 11) is 4.34. The molecular formula is C30H24BBrNS. The Balaban J connectivity index is 0.000000145. The summed E-state index contributed by atoms with van der Waals surface area (Å²) in [6.45, 7) is 2.18. The van der Waals surface area contributed by atoms with Crippen molar-refractivity contribution >= 4 is 79.5 Å². The summed E-state index contributed by atoms with van der Waals surface area (Å²) in [5, 5.41) is 11.6. The first-order chi connectivity index (χ1) is 16.7. The molecule has 6 aromatic rings. The molecule has 0 aliphatic carbocycles. The second kappa shape index (κ2) is 11.5. The van der Waals surface area contributed by atoms with Crippen LogP contribution in [0.4, 0.5) is 0 Å². The monoisotopic (exact) mass is 520 g/mol. The van der Waals surface area contributed by atoms with Crippen molar-refractivity contribution < 1.29 is 0 Å². The van der Waals surface area contributed by atoms with Gasteiger partial charge < -0.3 is 0 Å². The average Bonchev–Trinajstić information content (AvgIpc) is 2.89. The van der Waals surface area contributed by atoms with Gasteiger partial charge in [-0.1, -0.05) is 119 Å². The molecule has 0 N–H and O–H groups in total. The summed E-state index contributed by atoms with van der Waals surface area (Å²) in [6.07, 6.45) is 0. The second-order valence-corrected chi connectivity index (χ2v) is 8.80. The third-order valence-electron chi connectivity index (χ3n) is 5.97. The van der Waals surface area contributed by atoms with Crippen LogP contribution in [0, 0.1) is 6.92 Å². The van der Waals surface area contributed by atoms with Crippen LogP contribution in [0.25, 0.3) is 43.1 Å². The molecule has 0 aromatic heterocycles. The summed E-state index contributed by atoms with van der Waals surface area (Å²) in [6, 6.07) is 38.8. The molecule has 0 aliphatic heterocycles. The molecule has 0 atom stereocenters. The zero-order valence-electron chi connectivity index (χ0n) is 18.9. The van der Waals surface area contributed by atoms with Crippen LogP contribution in [0.3, 0.4) is 0 Å². The van der Waals surface area contributed by atoms with Crippen molar-refractivity contribution in [1.29, 1.82) is 0 Å². The summed E-state index contributed by atoms with van der Waals surface area (Å²) in [4.78, 5) is 0. The normalized spacial score (nSPS) is 10.4. The molecule has 6 aromatic carbocycles. The molecule has 0 bridgehead atoms. The molecule has 0 saturated carbocycles. The third kappa shape index (κ3) is 5.09. The SMILES string of the molecule is BrCc1cc2ccccc2c2ccccc12.Cc1cc2ccccc2c2ccccc12.[B]=NS. The number of alkyl halides is 1. The first-order valence-electron chi connectivity index (χ1n) is 11.0. The van der Waals surface area contributed by atoms with E-state index in [2.05, 4.69) is 157 Å². The molecular weight excluding hydrogens is 497 g/mol. The average molecular weight is 521 g/mol. The Morgan fingerprint density at radius 3 is 1.53 bits per heavy atom. The van der Waals surface area contributed by atoms with Gasteiger partial charge in [0.25, 0.3) is 0 Å². The number of fused-ring (bicyclic) bond motifs is 6. The fourth-order valence-electron chi connectivity index (χ4n) is 4.48. The van der Waals surface area contributed by atoms with Gasteiger partial charge in [-0.05, 0) is 67.2 Å². The van der Waals surface area contributed by atoms with Crippen molar-refractivity contribution in [2.75, 3.05) is 0 Å². The summed E-state index contributed by atoms with van der Waals surface area (Å²) < 4.78 is 2.69. The van der Waals surface area contributed by atoms with Gasteiger partial charge >= 0.3 is 24.8 Å². The Morgan fingerprint density at radius 1 is 0.618 bits per heavy atom. The molecule has 1 nitrogen and oxygen atoms in total. The van der Waals surface area contributed by atoms with Crippen LogP contribution >= 0.6 is 28.7 Å². The van der Waals surface area contributed by atoms with E-state index < -0.39 is 0 Å². The third-order valence-corrected chi connectivity index (χ3v) is 6.58. The minimum absolute atomic E-state index is 0.901. The van der Waals surface area contributed by atoms with E-state index in [-0.39, 0.29) is 0 Å². The van der Waals surface area contributed by atoms with Gasteiger partial charge in [-0.2, -0.15) is 0 Å². The molecule has 34 heavy (non-hydrogen) atoms. The first-order valence-corrected chi connectivity index (χ1v) is 12.6. The van der Waals surface area contributed by atoms with Gasteiger partial charge in [0, 0.05) is 5.33 Å². The molecule has 0 fully saturated rings. The maximum atomic E-state index is 4.34. The molecule has 0 spiro atoms. The minimum atomic E-state index is 0.901. The molecule has 6 rings (SSSR count). The van der Waals surface area contributed by atoms with Crippen LogP contribution in [0.2, 0.25) is 0 Å².